The first kappa shape index (κ1) is 12.7. The molecule has 0 aliphatic carbocycles. The van der Waals surface area contributed by atoms with E-state index in [-0.39, 0.29) is 11.9 Å². The van der Waals surface area contributed by atoms with Crippen LogP contribution in [0, 0.1) is 12.7 Å². The van der Waals surface area contributed by atoms with Crippen LogP contribution in [0.5, 0.6) is 0 Å². The molecule has 0 fully saturated rings. The van der Waals surface area contributed by atoms with Crippen LogP contribution in [0.1, 0.15) is 22.7 Å². The Morgan fingerprint density at radius 2 is 2.11 bits per heavy atom. The number of hydrazine groups is 1. The van der Waals surface area contributed by atoms with Crippen molar-refractivity contribution >= 4 is 0 Å². The first-order valence-corrected chi connectivity index (χ1v) is 5.82. The summed E-state index contributed by atoms with van der Waals surface area (Å²) in [7, 11) is 0. The lowest BCUT2D eigenvalue weighted by atomic mass is 9.99. The summed E-state index contributed by atoms with van der Waals surface area (Å²) in [6.07, 6.45) is 4.02. The normalized spacial score (nSPS) is 12.4. The quantitative estimate of drug-likeness (QED) is 0.642. The van der Waals surface area contributed by atoms with E-state index in [1.54, 1.807) is 24.5 Å². The Balaban J connectivity index is 2.23. The van der Waals surface area contributed by atoms with E-state index < -0.39 is 0 Å². The molecule has 2 rings (SSSR count). The largest absolute Gasteiger partial charge is 0.271 e. The van der Waals surface area contributed by atoms with Gasteiger partial charge in [0.15, 0.2) is 0 Å². The summed E-state index contributed by atoms with van der Waals surface area (Å²) >= 11 is 0. The molecule has 3 nitrogen and oxygen atoms in total. The Kier molecular flexibility index (Phi) is 4.02. The van der Waals surface area contributed by atoms with Gasteiger partial charge in [0.1, 0.15) is 5.82 Å². The van der Waals surface area contributed by atoms with Crippen molar-refractivity contribution in [1.82, 2.24) is 10.4 Å². The highest BCUT2D eigenvalue weighted by molar-refractivity contribution is 5.25. The lowest BCUT2D eigenvalue weighted by molar-refractivity contribution is 0.527. The zero-order valence-corrected chi connectivity index (χ0v) is 10.2. The molecular formula is C14H16FN3. The summed E-state index contributed by atoms with van der Waals surface area (Å²) in [6, 6.07) is 8.58. The second-order valence-corrected chi connectivity index (χ2v) is 4.31. The molecule has 1 heterocycles. The van der Waals surface area contributed by atoms with Crippen molar-refractivity contribution in [2.75, 3.05) is 0 Å². The van der Waals surface area contributed by atoms with Crippen molar-refractivity contribution in [3.05, 3.63) is 65.2 Å². The van der Waals surface area contributed by atoms with E-state index in [1.807, 2.05) is 19.1 Å². The fourth-order valence-corrected chi connectivity index (χ4v) is 1.93. The van der Waals surface area contributed by atoms with Gasteiger partial charge in [-0.3, -0.25) is 16.3 Å². The summed E-state index contributed by atoms with van der Waals surface area (Å²) in [5.74, 6) is 5.34. The average molecular weight is 245 g/mol. The van der Waals surface area contributed by atoms with Crippen LogP contribution in [0.15, 0.2) is 42.7 Å². The van der Waals surface area contributed by atoms with Gasteiger partial charge in [-0.15, -0.1) is 0 Å². The van der Waals surface area contributed by atoms with E-state index in [4.69, 9.17) is 5.84 Å². The topological polar surface area (TPSA) is 50.9 Å². The third-order valence-electron chi connectivity index (χ3n) is 2.88. The molecule has 0 aliphatic rings. The number of aryl methyl sites for hydroxylation is 1. The molecule has 18 heavy (non-hydrogen) atoms. The van der Waals surface area contributed by atoms with Crippen molar-refractivity contribution in [2.45, 2.75) is 19.4 Å². The van der Waals surface area contributed by atoms with Crippen molar-refractivity contribution in [3.8, 4) is 0 Å². The highest BCUT2D eigenvalue weighted by atomic mass is 19.1. The molecule has 1 atom stereocenters. The molecule has 0 spiro atoms. The molecule has 94 valence electrons. The van der Waals surface area contributed by atoms with Crippen LogP contribution in [-0.2, 0) is 6.42 Å². The molecular weight excluding hydrogens is 229 g/mol. The first-order chi connectivity index (χ1) is 8.70. The molecule has 1 aromatic heterocycles. The Morgan fingerprint density at radius 1 is 1.33 bits per heavy atom. The number of nitrogens with one attached hydrogen (secondary N) is 1. The molecule has 0 bridgehead atoms. The standard InChI is InChI=1S/C14H16FN3/c1-10-6-12(9-17-8-10)14(18-16)7-11-4-2-3-5-13(11)15/h2-6,8-9,14,18H,7,16H2,1H3. The second-order valence-electron chi connectivity index (χ2n) is 4.31. The van der Waals surface area contributed by atoms with Crippen molar-refractivity contribution in [2.24, 2.45) is 5.84 Å². The van der Waals surface area contributed by atoms with E-state index in [9.17, 15) is 4.39 Å². The van der Waals surface area contributed by atoms with Gasteiger partial charge in [-0.25, -0.2) is 4.39 Å². The van der Waals surface area contributed by atoms with Gasteiger partial charge in [-0.2, -0.15) is 0 Å². The Morgan fingerprint density at radius 3 is 2.78 bits per heavy atom. The molecule has 2 aromatic rings. The summed E-state index contributed by atoms with van der Waals surface area (Å²) in [5, 5.41) is 0. The van der Waals surface area contributed by atoms with Crippen molar-refractivity contribution in [1.29, 1.82) is 0 Å². The van der Waals surface area contributed by atoms with Gasteiger partial charge in [0, 0.05) is 12.4 Å². The highest BCUT2D eigenvalue weighted by Gasteiger charge is 2.13. The monoisotopic (exact) mass is 245 g/mol. The van der Waals surface area contributed by atoms with E-state index in [2.05, 4.69) is 10.4 Å². The molecule has 4 heteroatoms. The van der Waals surface area contributed by atoms with Crippen LogP contribution in [0.3, 0.4) is 0 Å². The number of nitrogens with two attached hydrogens (primary N) is 1. The maximum absolute atomic E-state index is 13.6. The molecule has 0 saturated heterocycles. The maximum atomic E-state index is 13.6. The van der Waals surface area contributed by atoms with Crippen LogP contribution in [0.2, 0.25) is 0 Å². The predicted molar refractivity (Wildman–Crippen MR) is 69.1 cm³/mol. The Bertz CT molecular complexity index is 528. The van der Waals surface area contributed by atoms with E-state index in [0.29, 0.717) is 12.0 Å². The number of hydrogen-bond donors (Lipinski definition) is 2. The van der Waals surface area contributed by atoms with Gasteiger partial charge in [-0.05, 0) is 36.1 Å². The summed E-state index contributed by atoms with van der Waals surface area (Å²) < 4.78 is 13.6. The number of hydrogen-bond acceptors (Lipinski definition) is 3. The van der Waals surface area contributed by atoms with Crippen LogP contribution in [0.4, 0.5) is 4.39 Å². The van der Waals surface area contributed by atoms with Crippen molar-refractivity contribution in [3.63, 3.8) is 0 Å². The van der Waals surface area contributed by atoms with Gasteiger partial charge in [-0.1, -0.05) is 24.3 Å². The average Bonchev–Trinajstić information content (AvgIpc) is 2.38. The number of benzene rings is 1. The van der Waals surface area contributed by atoms with Crippen LogP contribution in [-0.4, -0.2) is 4.98 Å². The van der Waals surface area contributed by atoms with Gasteiger partial charge >= 0.3 is 0 Å². The zero-order valence-electron chi connectivity index (χ0n) is 10.2. The zero-order chi connectivity index (χ0) is 13.0. The molecule has 1 aromatic carbocycles. The number of aromatic nitrogens is 1. The lowest BCUT2D eigenvalue weighted by Crippen LogP contribution is -2.30. The van der Waals surface area contributed by atoms with E-state index in [1.165, 1.54) is 6.07 Å². The summed E-state index contributed by atoms with van der Waals surface area (Å²) in [4.78, 5) is 4.13. The summed E-state index contributed by atoms with van der Waals surface area (Å²) in [6.45, 7) is 1.97. The van der Waals surface area contributed by atoms with Gasteiger partial charge in [0.25, 0.3) is 0 Å². The molecule has 1 unspecified atom stereocenters. The third kappa shape index (κ3) is 2.91. The minimum Gasteiger partial charge on any atom is -0.271 e. The minimum absolute atomic E-state index is 0.144. The smallest absolute Gasteiger partial charge is 0.126 e. The molecule has 3 N–H and O–H groups in total. The molecule has 0 aliphatic heterocycles. The third-order valence-corrected chi connectivity index (χ3v) is 2.88. The fraction of sp³-hybridized carbons (Fsp3) is 0.214. The van der Waals surface area contributed by atoms with Crippen LogP contribution >= 0.6 is 0 Å². The molecule has 0 amide bonds. The van der Waals surface area contributed by atoms with Crippen LogP contribution < -0.4 is 11.3 Å². The van der Waals surface area contributed by atoms with Gasteiger partial charge in [0.05, 0.1) is 6.04 Å². The fourth-order valence-electron chi connectivity index (χ4n) is 1.93. The number of pyridine rings is 1. The summed E-state index contributed by atoms with van der Waals surface area (Å²) in [5.41, 5.74) is 5.37. The van der Waals surface area contributed by atoms with Crippen LogP contribution in [0.25, 0.3) is 0 Å². The second kappa shape index (κ2) is 5.71. The predicted octanol–water partition coefficient (Wildman–Crippen LogP) is 2.28. The Labute approximate surface area is 106 Å². The molecule has 0 saturated carbocycles. The maximum Gasteiger partial charge on any atom is 0.126 e. The number of rotatable bonds is 4. The molecule has 0 radical (unpaired) electrons. The van der Waals surface area contributed by atoms with Gasteiger partial charge in [0.2, 0.25) is 0 Å². The Hall–Kier alpha value is -1.78. The SMILES string of the molecule is Cc1cncc(C(Cc2ccccc2F)NN)c1. The highest BCUT2D eigenvalue weighted by Crippen LogP contribution is 2.19. The minimum atomic E-state index is -0.210. The number of nitrogens with zero attached hydrogens (tertiary/aromatic N) is 1. The van der Waals surface area contributed by atoms with Crippen molar-refractivity contribution < 1.29 is 4.39 Å². The number of halogens is 1. The van der Waals surface area contributed by atoms with E-state index in [0.717, 1.165) is 11.1 Å². The van der Waals surface area contributed by atoms with E-state index >= 15 is 0 Å². The lowest BCUT2D eigenvalue weighted by Gasteiger charge is -2.16. The van der Waals surface area contributed by atoms with Gasteiger partial charge < -0.3 is 0 Å². The first-order valence-electron chi connectivity index (χ1n) is 5.82.